The lowest BCUT2D eigenvalue weighted by Crippen LogP contribution is -2.39. The Morgan fingerprint density at radius 2 is 2.47 bits per heavy atom. The van der Waals surface area contributed by atoms with E-state index < -0.39 is 0 Å². The zero-order valence-electron chi connectivity index (χ0n) is 9.64. The minimum Gasteiger partial charge on any atom is -0.395 e. The van der Waals surface area contributed by atoms with Crippen LogP contribution in [0.25, 0.3) is 0 Å². The molecule has 2 N–H and O–H groups in total. The summed E-state index contributed by atoms with van der Waals surface area (Å²) in [5.41, 5.74) is 0. The highest BCUT2D eigenvalue weighted by Gasteiger charge is 2.19. The third kappa shape index (κ3) is 3.37. The quantitative estimate of drug-likeness (QED) is 0.842. The molecule has 0 amide bonds. The summed E-state index contributed by atoms with van der Waals surface area (Å²) in [7, 11) is 0. The number of halogens is 1. The van der Waals surface area contributed by atoms with E-state index in [0.717, 1.165) is 23.4 Å². The summed E-state index contributed by atoms with van der Waals surface area (Å²) in [6, 6.07) is 0.489. The van der Waals surface area contributed by atoms with Gasteiger partial charge in [-0.25, -0.2) is 9.97 Å². The van der Waals surface area contributed by atoms with Crippen LogP contribution in [-0.4, -0.2) is 47.4 Å². The third-order valence-electron chi connectivity index (χ3n) is 2.92. The first-order valence-corrected chi connectivity index (χ1v) is 6.65. The van der Waals surface area contributed by atoms with Gasteiger partial charge in [-0.1, -0.05) is 0 Å². The van der Waals surface area contributed by atoms with E-state index in [-0.39, 0.29) is 6.61 Å². The van der Waals surface area contributed by atoms with Crippen LogP contribution in [0.15, 0.2) is 17.0 Å². The van der Waals surface area contributed by atoms with Crippen LogP contribution in [0.5, 0.6) is 0 Å². The Kier molecular flexibility index (Phi) is 4.70. The van der Waals surface area contributed by atoms with E-state index in [1.54, 1.807) is 6.20 Å². The zero-order valence-corrected chi connectivity index (χ0v) is 11.2. The van der Waals surface area contributed by atoms with Crippen molar-refractivity contribution in [2.45, 2.75) is 18.9 Å². The molecular weight excluding hydrogens is 284 g/mol. The third-order valence-corrected chi connectivity index (χ3v) is 3.48. The van der Waals surface area contributed by atoms with Crippen molar-refractivity contribution < 1.29 is 5.11 Å². The zero-order chi connectivity index (χ0) is 12.1. The predicted molar refractivity (Wildman–Crippen MR) is 70.1 cm³/mol. The first-order valence-electron chi connectivity index (χ1n) is 5.86. The fourth-order valence-corrected chi connectivity index (χ4v) is 2.59. The molecule has 0 aromatic carbocycles. The summed E-state index contributed by atoms with van der Waals surface area (Å²) in [5.74, 6) is 0.850. The van der Waals surface area contributed by atoms with Gasteiger partial charge in [-0.15, -0.1) is 0 Å². The maximum atomic E-state index is 9.14. The Balaban J connectivity index is 2.08. The topological polar surface area (TPSA) is 61.3 Å². The molecule has 1 atom stereocenters. The fraction of sp³-hybridized carbons (Fsp3) is 0.636. The molecule has 1 saturated heterocycles. The molecular formula is C11H17BrN4O. The van der Waals surface area contributed by atoms with Crippen LogP contribution in [0.4, 0.5) is 5.82 Å². The normalized spacial score (nSPS) is 19.5. The average molecular weight is 301 g/mol. The standard InChI is InChI=1S/C11H17BrN4O/c12-10-6-13-8-15-11(10)16(4-5-17)7-9-2-1-3-14-9/h6,8-9,14,17H,1-5,7H2. The lowest BCUT2D eigenvalue weighted by Gasteiger charge is -2.26. The van der Waals surface area contributed by atoms with Gasteiger partial charge in [0, 0.05) is 25.3 Å². The minimum absolute atomic E-state index is 0.128. The summed E-state index contributed by atoms with van der Waals surface area (Å²) in [6.45, 7) is 2.68. The van der Waals surface area contributed by atoms with E-state index in [0.29, 0.717) is 12.6 Å². The van der Waals surface area contributed by atoms with Crippen LogP contribution >= 0.6 is 15.9 Å². The van der Waals surface area contributed by atoms with E-state index in [1.807, 2.05) is 0 Å². The number of aliphatic hydroxyl groups is 1. The van der Waals surface area contributed by atoms with Crippen LogP contribution in [0.2, 0.25) is 0 Å². The molecule has 5 nitrogen and oxygen atoms in total. The molecule has 0 spiro atoms. The summed E-state index contributed by atoms with van der Waals surface area (Å²) >= 11 is 3.45. The van der Waals surface area contributed by atoms with Gasteiger partial charge in [0.15, 0.2) is 0 Å². The second-order valence-corrected chi connectivity index (χ2v) is 5.01. The van der Waals surface area contributed by atoms with Gasteiger partial charge in [0.25, 0.3) is 0 Å². The minimum atomic E-state index is 0.128. The van der Waals surface area contributed by atoms with Gasteiger partial charge in [-0.3, -0.25) is 0 Å². The molecule has 1 unspecified atom stereocenters. The van der Waals surface area contributed by atoms with Crippen molar-refractivity contribution in [1.29, 1.82) is 0 Å². The van der Waals surface area contributed by atoms with Gasteiger partial charge in [0.2, 0.25) is 0 Å². The second kappa shape index (κ2) is 6.28. The van der Waals surface area contributed by atoms with Crippen LogP contribution in [0, 0.1) is 0 Å². The SMILES string of the molecule is OCCN(CC1CCCN1)c1ncncc1Br. The molecule has 0 radical (unpaired) electrons. The predicted octanol–water partition coefficient (Wildman–Crippen LogP) is 0.790. The van der Waals surface area contributed by atoms with Crippen molar-refractivity contribution in [3.63, 3.8) is 0 Å². The molecule has 1 aromatic rings. The van der Waals surface area contributed by atoms with Gasteiger partial charge in [-0.05, 0) is 35.3 Å². The maximum Gasteiger partial charge on any atom is 0.146 e. The molecule has 6 heteroatoms. The van der Waals surface area contributed by atoms with E-state index in [1.165, 1.54) is 19.2 Å². The van der Waals surface area contributed by atoms with Crippen molar-refractivity contribution in [1.82, 2.24) is 15.3 Å². The van der Waals surface area contributed by atoms with Crippen LogP contribution in [0.3, 0.4) is 0 Å². The molecule has 2 rings (SSSR count). The Morgan fingerprint density at radius 1 is 1.59 bits per heavy atom. The Labute approximate surface area is 109 Å². The first kappa shape index (κ1) is 12.7. The van der Waals surface area contributed by atoms with Crippen molar-refractivity contribution in [2.24, 2.45) is 0 Å². The van der Waals surface area contributed by atoms with Crippen molar-refractivity contribution in [2.75, 3.05) is 31.1 Å². The number of hydrogen-bond acceptors (Lipinski definition) is 5. The summed E-state index contributed by atoms with van der Waals surface area (Å²) in [5, 5.41) is 12.6. The number of aromatic nitrogens is 2. The molecule has 1 aromatic heterocycles. The molecule has 17 heavy (non-hydrogen) atoms. The Morgan fingerprint density at radius 3 is 3.12 bits per heavy atom. The van der Waals surface area contributed by atoms with Crippen LogP contribution in [-0.2, 0) is 0 Å². The monoisotopic (exact) mass is 300 g/mol. The fourth-order valence-electron chi connectivity index (χ4n) is 2.12. The molecule has 0 aliphatic carbocycles. The van der Waals surface area contributed by atoms with Gasteiger partial charge < -0.3 is 15.3 Å². The average Bonchev–Trinajstić information content (AvgIpc) is 2.82. The van der Waals surface area contributed by atoms with Gasteiger partial charge in [0.1, 0.15) is 12.1 Å². The molecule has 2 heterocycles. The first-order chi connectivity index (χ1) is 8.31. The Bertz CT molecular complexity index is 357. The van der Waals surface area contributed by atoms with Gasteiger partial charge in [0.05, 0.1) is 11.1 Å². The summed E-state index contributed by atoms with van der Waals surface area (Å²) in [6.07, 6.45) is 5.68. The summed E-state index contributed by atoms with van der Waals surface area (Å²) in [4.78, 5) is 10.3. The highest BCUT2D eigenvalue weighted by Crippen LogP contribution is 2.22. The lowest BCUT2D eigenvalue weighted by atomic mass is 10.2. The maximum absolute atomic E-state index is 9.14. The van der Waals surface area contributed by atoms with Gasteiger partial charge in [-0.2, -0.15) is 0 Å². The van der Waals surface area contributed by atoms with E-state index >= 15 is 0 Å². The molecule has 0 bridgehead atoms. The van der Waals surface area contributed by atoms with Crippen molar-refractivity contribution >= 4 is 21.7 Å². The number of nitrogens with one attached hydrogen (secondary N) is 1. The molecule has 0 saturated carbocycles. The molecule has 1 fully saturated rings. The van der Waals surface area contributed by atoms with E-state index in [4.69, 9.17) is 5.11 Å². The van der Waals surface area contributed by atoms with E-state index in [2.05, 4.69) is 36.1 Å². The van der Waals surface area contributed by atoms with Crippen LogP contribution < -0.4 is 10.2 Å². The molecule has 1 aliphatic rings. The van der Waals surface area contributed by atoms with Crippen molar-refractivity contribution in [3.05, 3.63) is 17.0 Å². The summed E-state index contributed by atoms with van der Waals surface area (Å²) < 4.78 is 0.867. The molecule has 94 valence electrons. The number of hydrogen-bond donors (Lipinski definition) is 2. The highest BCUT2D eigenvalue weighted by atomic mass is 79.9. The highest BCUT2D eigenvalue weighted by molar-refractivity contribution is 9.10. The largest absolute Gasteiger partial charge is 0.395 e. The smallest absolute Gasteiger partial charge is 0.146 e. The number of aliphatic hydroxyl groups excluding tert-OH is 1. The number of anilines is 1. The molecule has 1 aliphatic heterocycles. The van der Waals surface area contributed by atoms with E-state index in [9.17, 15) is 0 Å². The van der Waals surface area contributed by atoms with Gasteiger partial charge >= 0.3 is 0 Å². The number of nitrogens with zero attached hydrogens (tertiary/aromatic N) is 3. The Hall–Kier alpha value is -0.720. The number of rotatable bonds is 5. The lowest BCUT2D eigenvalue weighted by molar-refractivity contribution is 0.300. The second-order valence-electron chi connectivity index (χ2n) is 4.16. The van der Waals surface area contributed by atoms with Crippen molar-refractivity contribution in [3.8, 4) is 0 Å². The van der Waals surface area contributed by atoms with Crippen LogP contribution in [0.1, 0.15) is 12.8 Å².